The normalized spacial score (nSPS) is 11.9. The Hall–Kier alpha value is -4.93. The van der Waals surface area contributed by atoms with Crippen LogP contribution in [0.25, 0.3) is 20.2 Å². The summed E-state index contributed by atoms with van der Waals surface area (Å²) in [6, 6.07) is 82.8. The molecule has 0 unspecified atom stereocenters. The van der Waals surface area contributed by atoms with Crippen molar-refractivity contribution in [3.05, 3.63) is 218 Å². The van der Waals surface area contributed by atoms with E-state index in [2.05, 4.69) is 218 Å². The van der Waals surface area contributed by atoms with Gasteiger partial charge in [-0.25, -0.2) is 0 Å². The van der Waals surface area contributed by atoms with Crippen LogP contribution in [0.1, 0.15) is 0 Å². The number of hydrogen-bond donors (Lipinski definition) is 0. The molecule has 0 spiro atoms. The quantitative estimate of drug-likeness (QED) is 0.149. The molecule has 0 saturated carbocycles. The van der Waals surface area contributed by atoms with Gasteiger partial charge in [0.2, 0.25) is 0 Å². The Labute approximate surface area is 309 Å². The SMILES string of the molecule is c1cc[c]([Ge]([c]2ccccc2)([c]2ccccc2)[c]2ccc3sc4cc[c]([Ge]([c]5ccccc5)([c]5ccccc5)[c]5ccccc5)cc4c3c2)cc1. The molecule has 1 heterocycles. The van der Waals surface area contributed by atoms with Crippen molar-refractivity contribution in [2.24, 2.45) is 0 Å². The summed E-state index contributed by atoms with van der Waals surface area (Å²) in [6.45, 7) is 0. The van der Waals surface area contributed by atoms with Crippen LogP contribution in [0.5, 0.6) is 0 Å². The summed E-state index contributed by atoms with van der Waals surface area (Å²) in [5.74, 6) is 0. The molecule has 0 amide bonds. The van der Waals surface area contributed by atoms with Gasteiger partial charge in [-0.1, -0.05) is 0 Å². The van der Waals surface area contributed by atoms with E-state index in [0.717, 1.165) is 0 Å². The first-order valence-electron chi connectivity index (χ1n) is 17.6. The van der Waals surface area contributed by atoms with Crippen molar-refractivity contribution in [1.82, 2.24) is 0 Å². The molecule has 0 radical (unpaired) electrons. The van der Waals surface area contributed by atoms with Crippen LogP contribution in [-0.2, 0) is 0 Å². The second-order valence-corrected chi connectivity index (χ2v) is 30.3. The van der Waals surface area contributed by atoms with Crippen molar-refractivity contribution in [3.8, 4) is 0 Å². The minimum atomic E-state index is -3.43. The van der Waals surface area contributed by atoms with Gasteiger partial charge in [-0.05, 0) is 0 Å². The Morgan fingerprint density at radius 2 is 0.471 bits per heavy atom. The predicted molar refractivity (Wildman–Crippen MR) is 227 cm³/mol. The van der Waals surface area contributed by atoms with Crippen LogP contribution < -0.4 is 35.2 Å². The van der Waals surface area contributed by atoms with Crippen LogP contribution in [-0.4, -0.2) is 26.5 Å². The molecule has 0 saturated heterocycles. The Balaban J connectivity index is 1.36. The molecule has 0 bridgehead atoms. The third-order valence-corrected chi connectivity index (χ3v) is 31.8. The zero-order valence-electron chi connectivity index (χ0n) is 28.2. The molecule has 0 aliphatic rings. The number of benzene rings is 8. The van der Waals surface area contributed by atoms with Crippen LogP contribution in [0.3, 0.4) is 0 Å². The third-order valence-electron chi connectivity index (χ3n) is 10.6. The zero-order valence-corrected chi connectivity index (χ0v) is 33.2. The van der Waals surface area contributed by atoms with E-state index >= 15 is 0 Å². The average molecular weight is 790 g/mol. The van der Waals surface area contributed by atoms with Gasteiger partial charge >= 0.3 is 312 Å². The first-order valence-corrected chi connectivity index (χ1v) is 26.8. The summed E-state index contributed by atoms with van der Waals surface area (Å²) in [6.07, 6.45) is 0. The minimum absolute atomic E-state index is 1.34. The number of hydrogen-bond acceptors (Lipinski definition) is 1. The fourth-order valence-corrected chi connectivity index (χ4v) is 29.5. The van der Waals surface area contributed by atoms with Crippen molar-refractivity contribution < 1.29 is 0 Å². The van der Waals surface area contributed by atoms with E-state index in [9.17, 15) is 0 Å². The van der Waals surface area contributed by atoms with Crippen LogP contribution in [0.2, 0.25) is 0 Å². The van der Waals surface area contributed by atoms with E-state index in [1.165, 1.54) is 55.3 Å². The second-order valence-electron chi connectivity index (χ2n) is 13.2. The van der Waals surface area contributed by atoms with Gasteiger partial charge in [0.05, 0.1) is 0 Å². The first kappa shape index (κ1) is 32.0. The van der Waals surface area contributed by atoms with Gasteiger partial charge in [-0.2, -0.15) is 0 Å². The average Bonchev–Trinajstić information content (AvgIpc) is 3.59. The maximum absolute atomic E-state index is 3.43. The Bertz CT molecular complexity index is 2180. The summed E-state index contributed by atoms with van der Waals surface area (Å²) < 4.78 is 14.3. The molecule has 0 fully saturated rings. The maximum atomic E-state index is 2.58. The molecule has 1 aromatic heterocycles. The van der Waals surface area contributed by atoms with Gasteiger partial charge in [0.1, 0.15) is 0 Å². The van der Waals surface area contributed by atoms with Crippen molar-refractivity contribution in [2.45, 2.75) is 0 Å². The molecule has 0 N–H and O–H groups in total. The Kier molecular flexibility index (Phi) is 8.57. The van der Waals surface area contributed by atoms with Gasteiger partial charge < -0.3 is 0 Å². The summed E-state index contributed by atoms with van der Waals surface area (Å²) in [5.41, 5.74) is 0. The molecule has 3 heteroatoms. The standard InChI is InChI=1S/C48H36Ge2S/c1-7-19-37(20-8-1)49(38-21-9-2-10-22-38,39-23-11-3-12-24-39)43-31-33-47-45(35-43)46-36-44(32-34-48(46)51-47)50(40-25-13-4-14-26-40,41-27-15-5-16-28-41)42-29-17-6-18-30-42/h1-36H. The van der Waals surface area contributed by atoms with E-state index in [1.807, 2.05) is 11.3 Å². The summed E-state index contributed by atoms with van der Waals surface area (Å²) in [4.78, 5) is 0. The first-order chi connectivity index (χ1) is 25.3. The molecule has 0 aliphatic carbocycles. The Morgan fingerprint density at radius 3 is 0.706 bits per heavy atom. The van der Waals surface area contributed by atoms with E-state index in [0.29, 0.717) is 0 Å². The van der Waals surface area contributed by atoms with Crippen LogP contribution in [0, 0.1) is 0 Å². The molecule has 242 valence electrons. The topological polar surface area (TPSA) is 0 Å². The summed E-state index contributed by atoms with van der Waals surface area (Å²) >= 11 is -4.94. The second kappa shape index (κ2) is 13.7. The Morgan fingerprint density at radius 1 is 0.235 bits per heavy atom. The summed E-state index contributed by atoms with van der Waals surface area (Å²) in [7, 11) is 0. The van der Waals surface area contributed by atoms with Gasteiger partial charge in [-0.3, -0.25) is 0 Å². The van der Waals surface area contributed by atoms with Crippen molar-refractivity contribution in [1.29, 1.82) is 0 Å². The van der Waals surface area contributed by atoms with Gasteiger partial charge in [-0.15, -0.1) is 0 Å². The van der Waals surface area contributed by atoms with E-state index in [-0.39, 0.29) is 0 Å². The van der Waals surface area contributed by atoms with Gasteiger partial charge in [0.25, 0.3) is 0 Å². The van der Waals surface area contributed by atoms with Gasteiger partial charge in [0.15, 0.2) is 0 Å². The van der Waals surface area contributed by atoms with Crippen LogP contribution in [0.4, 0.5) is 0 Å². The number of fused-ring (bicyclic) bond motifs is 3. The molecule has 0 nitrogen and oxygen atoms in total. The summed E-state index contributed by atoms with van der Waals surface area (Å²) in [5, 5.41) is 2.72. The van der Waals surface area contributed by atoms with E-state index < -0.39 is 26.5 Å². The molecular formula is C48H36Ge2S. The fraction of sp³-hybridized carbons (Fsp3) is 0. The van der Waals surface area contributed by atoms with Crippen LogP contribution >= 0.6 is 11.3 Å². The fourth-order valence-electron chi connectivity index (χ4n) is 8.37. The van der Waals surface area contributed by atoms with Crippen molar-refractivity contribution >= 4 is 93.2 Å². The zero-order chi connectivity index (χ0) is 34.1. The molecule has 0 aliphatic heterocycles. The molecule has 8 aromatic carbocycles. The van der Waals surface area contributed by atoms with E-state index in [4.69, 9.17) is 0 Å². The molecule has 51 heavy (non-hydrogen) atoms. The van der Waals surface area contributed by atoms with Crippen molar-refractivity contribution in [2.75, 3.05) is 0 Å². The molecular weight excluding hydrogens is 754 g/mol. The molecule has 0 atom stereocenters. The third kappa shape index (κ3) is 5.34. The number of thiophene rings is 1. The van der Waals surface area contributed by atoms with E-state index in [1.54, 1.807) is 0 Å². The monoisotopic (exact) mass is 792 g/mol. The molecule has 9 aromatic rings. The predicted octanol–water partition coefficient (Wildman–Crippen LogP) is 6.81. The van der Waals surface area contributed by atoms with Crippen LogP contribution in [0.15, 0.2) is 218 Å². The van der Waals surface area contributed by atoms with Gasteiger partial charge in [0, 0.05) is 0 Å². The van der Waals surface area contributed by atoms with Crippen molar-refractivity contribution in [3.63, 3.8) is 0 Å². The number of rotatable bonds is 8. The molecule has 9 rings (SSSR count).